The molecule has 0 bridgehead atoms. The first-order valence-electron chi connectivity index (χ1n) is 4.89. The highest BCUT2D eigenvalue weighted by molar-refractivity contribution is 6.06. The van der Waals surface area contributed by atoms with Gasteiger partial charge in [-0.15, -0.1) is 0 Å². The third-order valence-electron chi connectivity index (χ3n) is 2.91. The summed E-state index contributed by atoms with van der Waals surface area (Å²) in [6.45, 7) is 1.96. The highest BCUT2D eigenvalue weighted by Crippen LogP contribution is 2.22. The first-order valence-corrected chi connectivity index (χ1v) is 4.89. The maximum atomic E-state index is 4.60. The molecular weight excluding hydrogens is 162 g/mol. The van der Waals surface area contributed by atoms with Crippen LogP contribution < -0.4 is 5.32 Å². The highest BCUT2D eigenvalue weighted by Gasteiger charge is 2.27. The molecule has 68 valence electrons. The van der Waals surface area contributed by atoms with E-state index in [9.17, 15) is 0 Å². The number of hydrogen-bond donors (Lipinski definition) is 2. The lowest BCUT2D eigenvalue weighted by atomic mass is 9.90. The number of aromatic amines is 1. The normalized spacial score (nSPS) is 26.2. The molecule has 2 aliphatic rings. The average molecular weight is 175 g/mol. The summed E-state index contributed by atoms with van der Waals surface area (Å²) in [5, 5.41) is 3.51. The van der Waals surface area contributed by atoms with E-state index in [4.69, 9.17) is 0 Å². The number of fused-ring (bicyclic) bond motifs is 3. The smallest absolute Gasteiger partial charge is 0.0608 e. The van der Waals surface area contributed by atoms with Crippen molar-refractivity contribution in [3.8, 4) is 0 Å². The molecule has 1 unspecified atom stereocenters. The summed E-state index contributed by atoms with van der Waals surface area (Å²) < 4.78 is 0. The molecule has 2 heterocycles. The standard InChI is InChI=1S/C10H13N3/c1-2-9-10(13-6-5-12-9)7-3-4-11-8(1)7/h3-4,9,11-12H,1-2,5-6H2. The Morgan fingerprint density at radius 2 is 2.46 bits per heavy atom. The van der Waals surface area contributed by atoms with Crippen LogP contribution in [0.25, 0.3) is 0 Å². The van der Waals surface area contributed by atoms with Crippen LogP contribution in [0.3, 0.4) is 0 Å². The lowest BCUT2D eigenvalue weighted by Crippen LogP contribution is -2.45. The second kappa shape index (κ2) is 2.70. The zero-order valence-electron chi connectivity index (χ0n) is 7.51. The van der Waals surface area contributed by atoms with Crippen LogP contribution in [0.4, 0.5) is 0 Å². The van der Waals surface area contributed by atoms with E-state index < -0.39 is 0 Å². The van der Waals surface area contributed by atoms with Gasteiger partial charge < -0.3 is 10.3 Å². The van der Waals surface area contributed by atoms with Gasteiger partial charge in [0.2, 0.25) is 0 Å². The van der Waals surface area contributed by atoms with E-state index in [1.54, 1.807) is 0 Å². The van der Waals surface area contributed by atoms with Gasteiger partial charge in [-0.1, -0.05) is 0 Å². The number of nitrogens with one attached hydrogen (secondary N) is 2. The Hall–Kier alpha value is -1.09. The van der Waals surface area contributed by atoms with Crippen molar-refractivity contribution < 1.29 is 0 Å². The minimum atomic E-state index is 0.511. The second-order valence-corrected chi connectivity index (χ2v) is 3.68. The number of aryl methyl sites for hydroxylation is 1. The van der Waals surface area contributed by atoms with Crippen molar-refractivity contribution in [2.45, 2.75) is 18.9 Å². The number of hydrogen-bond acceptors (Lipinski definition) is 2. The van der Waals surface area contributed by atoms with Gasteiger partial charge in [-0.2, -0.15) is 0 Å². The first kappa shape index (κ1) is 7.33. The molecule has 0 saturated heterocycles. The summed E-state index contributed by atoms with van der Waals surface area (Å²) in [6, 6.07) is 2.66. The maximum Gasteiger partial charge on any atom is 0.0608 e. The van der Waals surface area contributed by atoms with Gasteiger partial charge in [-0.3, -0.25) is 4.99 Å². The number of H-pyrrole nitrogens is 1. The summed E-state index contributed by atoms with van der Waals surface area (Å²) >= 11 is 0. The average Bonchev–Trinajstić information content (AvgIpc) is 2.65. The molecular formula is C10H13N3. The van der Waals surface area contributed by atoms with Gasteiger partial charge in [0.25, 0.3) is 0 Å². The summed E-state index contributed by atoms with van der Waals surface area (Å²) in [5.74, 6) is 0. The SMILES string of the molecule is c1cc2c([nH]1)CCC1NCCN=C21. The van der Waals surface area contributed by atoms with E-state index in [2.05, 4.69) is 21.4 Å². The molecule has 1 aromatic rings. The molecule has 0 spiro atoms. The van der Waals surface area contributed by atoms with E-state index in [1.165, 1.54) is 23.4 Å². The molecule has 1 aliphatic carbocycles. The second-order valence-electron chi connectivity index (χ2n) is 3.68. The van der Waals surface area contributed by atoms with Crippen molar-refractivity contribution in [1.82, 2.24) is 10.3 Å². The van der Waals surface area contributed by atoms with Crippen molar-refractivity contribution in [3.63, 3.8) is 0 Å². The first-order chi connectivity index (χ1) is 6.45. The van der Waals surface area contributed by atoms with E-state index in [1.807, 2.05) is 6.20 Å². The Balaban J connectivity index is 2.10. The van der Waals surface area contributed by atoms with Crippen LogP contribution in [-0.4, -0.2) is 29.8 Å². The molecule has 2 N–H and O–H groups in total. The molecule has 0 aromatic carbocycles. The van der Waals surface area contributed by atoms with Crippen molar-refractivity contribution in [1.29, 1.82) is 0 Å². The number of rotatable bonds is 0. The van der Waals surface area contributed by atoms with Gasteiger partial charge >= 0.3 is 0 Å². The molecule has 0 fully saturated rings. The quantitative estimate of drug-likeness (QED) is 0.599. The van der Waals surface area contributed by atoms with Crippen LogP contribution in [0, 0.1) is 0 Å². The lowest BCUT2D eigenvalue weighted by molar-refractivity contribution is 0.551. The topological polar surface area (TPSA) is 40.2 Å². The fraction of sp³-hybridized carbons (Fsp3) is 0.500. The Bertz CT molecular complexity index is 351. The Morgan fingerprint density at radius 1 is 1.46 bits per heavy atom. The van der Waals surface area contributed by atoms with Crippen LogP contribution in [0.2, 0.25) is 0 Å². The monoisotopic (exact) mass is 175 g/mol. The molecule has 0 amide bonds. The highest BCUT2D eigenvalue weighted by atomic mass is 15.0. The van der Waals surface area contributed by atoms with Crippen LogP contribution in [0.5, 0.6) is 0 Å². The van der Waals surface area contributed by atoms with Crippen molar-refractivity contribution >= 4 is 5.71 Å². The predicted molar refractivity (Wildman–Crippen MR) is 52.3 cm³/mol. The van der Waals surface area contributed by atoms with E-state index in [-0.39, 0.29) is 0 Å². The van der Waals surface area contributed by atoms with E-state index in [0.29, 0.717) is 6.04 Å². The number of nitrogens with zero attached hydrogens (tertiary/aromatic N) is 1. The fourth-order valence-corrected chi connectivity index (χ4v) is 2.27. The van der Waals surface area contributed by atoms with Gasteiger partial charge in [-0.25, -0.2) is 0 Å². The van der Waals surface area contributed by atoms with Crippen LogP contribution in [0.15, 0.2) is 17.3 Å². The Kier molecular flexibility index (Phi) is 1.52. The summed E-state index contributed by atoms with van der Waals surface area (Å²) in [5.41, 5.74) is 3.97. The van der Waals surface area contributed by atoms with E-state index >= 15 is 0 Å². The van der Waals surface area contributed by atoms with Gasteiger partial charge in [0.1, 0.15) is 0 Å². The molecule has 1 aromatic heterocycles. The predicted octanol–water partition coefficient (Wildman–Crippen LogP) is 0.722. The molecule has 0 radical (unpaired) electrons. The van der Waals surface area contributed by atoms with Crippen LogP contribution in [-0.2, 0) is 6.42 Å². The molecule has 3 rings (SSSR count). The van der Waals surface area contributed by atoms with E-state index in [0.717, 1.165) is 19.5 Å². The fourth-order valence-electron chi connectivity index (χ4n) is 2.27. The van der Waals surface area contributed by atoms with Crippen LogP contribution in [0.1, 0.15) is 17.7 Å². The van der Waals surface area contributed by atoms with Gasteiger partial charge in [-0.05, 0) is 18.9 Å². The molecule has 1 atom stereocenters. The largest absolute Gasteiger partial charge is 0.364 e. The third-order valence-corrected chi connectivity index (χ3v) is 2.91. The van der Waals surface area contributed by atoms with Gasteiger partial charge in [0, 0.05) is 24.0 Å². The third kappa shape index (κ3) is 1.04. The number of aromatic nitrogens is 1. The molecule has 13 heavy (non-hydrogen) atoms. The van der Waals surface area contributed by atoms with Crippen molar-refractivity contribution in [2.75, 3.05) is 13.1 Å². The maximum absolute atomic E-state index is 4.60. The lowest BCUT2D eigenvalue weighted by Gasteiger charge is -2.28. The Morgan fingerprint density at radius 3 is 3.46 bits per heavy atom. The summed E-state index contributed by atoms with van der Waals surface area (Å²) in [7, 11) is 0. The minimum Gasteiger partial charge on any atom is -0.364 e. The zero-order chi connectivity index (χ0) is 8.67. The minimum absolute atomic E-state index is 0.511. The molecule has 3 heteroatoms. The Labute approximate surface area is 77.3 Å². The van der Waals surface area contributed by atoms with Crippen molar-refractivity contribution in [2.24, 2.45) is 4.99 Å². The van der Waals surface area contributed by atoms with Crippen molar-refractivity contribution in [3.05, 3.63) is 23.5 Å². The number of aliphatic imine (C=N–C) groups is 1. The zero-order valence-corrected chi connectivity index (χ0v) is 7.51. The van der Waals surface area contributed by atoms with Gasteiger partial charge in [0.05, 0.1) is 18.3 Å². The molecule has 1 aliphatic heterocycles. The molecule has 0 saturated carbocycles. The van der Waals surface area contributed by atoms with Gasteiger partial charge in [0.15, 0.2) is 0 Å². The van der Waals surface area contributed by atoms with Crippen LogP contribution >= 0.6 is 0 Å². The summed E-state index contributed by atoms with van der Waals surface area (Å²) in [6.07, 6.45) is 4.36. The molecule has 3 nitrogen and oxygen atoms in total. The summed E-state index contributed by atoms with van der Waals surface area (Å²) in [4.78, 5) is 7.88.